The molecule has 0 aliphatic carbocycles. The number of piperidine rings is 1. The number of aliphatic hydroxyl groups is 1. The zero-order valence-electron chi connectivity index (χ0n) is 11.5. The Morgan fingerprint density at radius 1 is 1.41 bits per heavy atom. The Bertz CT molecular complexity index is 200. The average molecular weight is 244 g/mol. The molecule has 0 aromatic carbocycles. The van der Waals surface area contributed by atoms with Gasteiger partial charge in [-0.05, 0) is 40.3 Å². The van der Waals surface area contributed by atoms with E-state index in [1.165, 1.54) is 25.8 Å². The number of likely N-dealkylation sites (N-methyl/N-ethyl adjacent to an activating group) is 1. The molecular weight excluding hydrogens is 216 g/mol. The fourth-order valence-corrected chi connectivity index (χ4v) is 2.18. The first-order chi connectivity index (χ1) is 8.09. The van der Waals surface area contributed by atoms with Gasteiger partial charge >= 0.3 is 0 Å². The second-order valence-corrected chi connectivity index (χ2v) is 5.32. The number of aliphatic hydroxyl groups excluding tert-OH is 1. The van der Waals surface area contributed by atoms with Crippen LogP contribution < -0.4 is 5.32 Å². The predicted molar refractivity (Wildman–Crippen MR) is 70.2 cm³/mol. The quantitative estimate of drug-likeness (QED) is 0.697. The van der Waals surface area contributed by atoms with Gasteiger partial charge in [-0.1, -0.05) is 6.42 Å². The van der Waals surface area contributed by atoms with Gasteiger partial charge in [0.1, 0.15) is 0 Å². The van der Waals surface area contributed by atoms with Crippen LogP contribution in [-0.4, -0.2) is 61.5 Å². The molecule has 1 rings (SSSR count). The number of hydrogen-bond acceptors (Lipinski definition) is 4. The van der Waals surface area contributed by atoms with Crippen LogP contribution in [-0.2, 0) is 4.74 Å². The first-order valence-electron chi connectivity index (χ1n) is 6.80. The minimum Gasteiger partial charge on any atom is -0.389 e. The molecule has 0 aromatic rings. The van der Waals surface area contributed by atoms with Gasteiger partial charge in [-0.15, -0.1) is 0 Å². The Morgan fingerprint density at radius 2 is 2.18 bits per heavy atom. The monoisotopic (exact) mass is 244 g/mol. The van der Waals surface area contributed by atoms with E-state index in [9.17, 15) is 5.11 Å². The highest BCUT2D eigenvalue weighted by molar-refractivity contribution is 4.76. The van der Waals surface area contributed by atoms with Crippen molar-refractivity contribution in [1.82, 2.24) is 10.2 Å². The van der Waals surface area contributed by atoms with Crippen LogP contribution in [0.5, 0.6) is 0 Å². The molecule has 1 aliphatic rings. The fraction of sp³-hybridized carbons (Fsp3) is 1.00. The summed E-state index contributed by atoms with van der Waals surface area (Å²) >= 11 is 0. The summed E-state index contributed by atoms with van der Waals surface area (Å²) in [6.07, 6.45) is 3.70. The van der Waals surface area contributed by atoms with Crippen LogP contribution in [0.1, 0.15) is 33.1 Å². The summed E-state index contributed by atoms with van der Waals surface area (Å²) in [4.78, 5) is 2.41. The average Bonchev–Trinajstić information content (AvgIpc) is 2.29. The van der Waals surface area contributed by atoms with Crippen LogP contribution in [0.25, 0.3) is 0 Å². The van der Waals surface area contributed by atoms with E-state index in [2.05, 4.69) is 17.3 Å². The minimum atomic E-state index is -0.397. The lowest BCUT2D eigenvalue weighted by atomic mass is 10.0. The standard InChI is InChI=1S/C13H28N2O2/c1-11(2)17-10-13(16)9-14-8-12-6-4-5-7-15(12)3/h11-14,16H,4-10H2,1-3H3. The van der Waals surface area contributed by atoms with Crippen molar-refractivity contribution in [3.05, 3.63) is 0 Å². The minimum absolute atomic E-state index is 0.189. The van der Waals surface area contributed by atoms with E-state index in [1.54, 1.807) is 0 Å². The van der Waals surface area contributed by atoms with Gasteiger partial charge in [0.25, 0.3) is 0 Å². The molecule has 4 heteroatoms. The van der Waals surface area contributed by atoms with Gasteiger partial charge < -0.3 is 20.1 Å². The molecular formula is C13H28N2O2. The van der Waals surface area contributed by atoms with Crippen molar-refractivity contribution in [3.63, 3.8) is 0 Å². The van der Waals surface area contributed by atoms with Gasteiger partial charge in [-0.2, -0.15) is 0 Å². The third-order valence-corrected chi connectivity index (χ3v) is 3.30. The van der Waals surface area contributed by atoms with Gasteiger partial charge in [0, 0.05) is 19.1 Å². The van der Waals surface area contributed by atoms with E-state index in [0.29, 0.717) is 19.2 Å². The van der Waals surface area contributed by atoms with Crippen molar-refractivity contribution in [3.8, 4) is 0 Å². The van der Waals surface area contributed by atoms with E-state index in [1.807, 2.05) is 13.8 Å². The van der Waals surface area contributed by atoms with Crippen LogP contribution in [0.4, 0.5) is 0 Å². The van der Waals surface area contributed by atoms with E-state index < -0.39 is 6.10 Å². The lowest BCUT2D eigenvalue weighted by Crippen LogP contribution is -2.45. The maximum atomic E-state index is 9.69. The van der Waals surface area contributed by atoms with Crippen molar-refractivity contribution < 1.29 is 9.84 Å². The summed E-state index contributed by atoms with van der Waals surface area (Å²) < 4.78 is 5.37. The largest absolute Gasteiger partial charge is 0.389 e. The highest BCUT2D eigenvalue weighted by Gasteiger charge is 2.18. The van der Waals surface area contributed by atoms with E-state index >= 15 is 0 Å². The summed E-state index contributed by atoms with van der Waals surface area (Å²) in [5, 5.41) is 13.0. The van der Waals surface area contributed by atoms with Crippen molar-refractivity contribution in [1.29, 1.82) is 0 Å². The summed E-state index contributed by atoms with van der Waals surface area (Å²) in [5.74, 6) is 0. The Balaban J connectivity index is 2.05. The normalized spacial score (nSPS) is 24.2. The molecule has 2 unspecified atom stereocenters. The van der Waals surface area contributed by atoms with E-state index in [0.717, 1.165) is 6.54 Å². The molecule has 4 nitrogen and oxygen atoms in total. The van der Waals surface area contributed by atoms with Gasteiger partial charge in [-0.25, -0.2) is 0 Å². The van der Waals surface area contributed by atoms with Gasteiger partial charge in [0.05, 0.1) is 18.8 Å². The summed E-state index contributed by atoms with van der Waals surface area (Å²) in [6.45, 7) is 7.18. The van der Waals surface area contributed by atoms with E-state index in [-0.39, 0.29) is 6.10 Å². The highest BCUT2D eigenvalue weighted by Crippen LogP contribution is 2.13. The number of nitrogens with zero attached hydrogens (tertiary/aromatic N) is 1. The molecule has 1 aliphatic heterocycles. The number of ether oxygens (including phenoxy) is 1. The van der Waals surface area contributed by atoms with Gasteiger partial charge in [-0.3, -0.25) is 0 Å². The smallest absolute Gasteiger partial charge is 0.0897 e. The van der Waals surface area contributed by atoms with Crippen molar-refractivity contribution >= 4 is 0 Å². The number of likely N-dealkylation sites (tertiary alicyclic amines) is 1. The Hall–Kier alpha value is -0.160. The Kier molecular flexibility index (Phi) is 7.04. The van der Waals surface area contributed by atoms with Gasteiger partial charge in [0.15, 0.2) is 0 Å². The van der Waals surface area contributed by atoms with Crippen molar-refractivity contribution in [2.45, 2.75) is 51.4 Å². The predicted octanol–water partition coefficient (Wildman–Crippen LogP) is 0.846. The highest BCUT2D eigenvalue weighted by atomic mass is 16.5. The molecule has 17 heavy (non-hydrogen) atoms. The molecule has 1 heterocycles. The zero-order chi connectivity index (χ0) is 12.7. The first kappa shape index (κ1) is 14.9. The second kappa shape index (κ2) is 8.03. The summed E-state index contributed by atoms with van der Waals surface area (Å²) in [6, 6.07) is 0.627. The fourth-order valence-electron chi connectivity index (χ4n) is 2.18. The van der Waals surface area contributed by atoms with E-state index in [4.69, 9.17) is 4.74 Å². The molecule has 0 radical (unpaired) electrons. The second-order valence-electron chi connectivity index (χ2n) is 5.32. The number of rotatable bonds is 7. The van der Waals surface area contributed by atoms with Crippen LogP contribution in [0, 0.1) is 0 Å². The molecule has 1 fully saturated rings. The molecule has 0 bridgehead atoms. The first-order valence-corrected chi connectivity index (χ1v) is 6.80. The van der Waals surface area contributed by atoms with Crippen LogP contribution >= 0.6 is 0 Å². The van der Waals surface area contributed by atoms with Crippen LogP contribution in [0.2, 0.25) is 0 Å². The van der Waals surface area contributed by atoms with Crippen molar-refractivity contribution in [2.75, 3.05) is 33.3 Å². The van der Waals surface area contributed by atoms with Crippen molar-refractivity contribution in [2.24, 2.45) is 0 Å². The Morgan fingerprint density at radius 3 is 2.82 bits per heavy atom. The lowest BCUT2D eigenvalue weighted by Gasteiger charge is -2.32. The molecule has 102 valence electrons. The Labute approximate surface area is 105 Å². The maximum absolute atomic E-state index is 9.69. The van der Waals surface area contributed by atoms with Gasteiger partial charge in [0.2, 0.25) is 0 Å². The molecule has 0 saturated carbocycles. The third kappa shape index (κ3) is 6.36. The topological polar surface area (TPSA) is 44.7 Å². The molecule has 0 amide bonds. The van der Waals surface area contributed by atoms with Crippen LogP contribution in [0.15, 0.2) is 0 Å². The molecule has 0 aromatic heterocycles. The number of hydrogen-bond donors (Lipinski definition) is 2. The molecule has 2 N–H and O–H groups in total. The lowest BCUT2D eigenvalue weighted by molar-refractivity contribution is 0.00572. The van der Waals surface area contributed by atoms with Crippen LogP contribution in [0.3, 0.4) is 0 Å². The molecule has 1 saturated heterocycles. The summed E-state index contributed by atoms with van der Waals surface area (Å²) in [7, 11) is 2.18. The SMILES string of the molecule is CC(C)OCC(O)CNCC1CCCCN1C. The third-order valence-electron chi connectivity index (χ3n) is 3.30. The zero-order valence-corrected chi connectivity index (χ0v) is 11.5. The molecule has 2 atom stereocenters. The number of nitrogens with one attached hydrogen (secondary N) is 1. The molecule has 0 spiro atoms. The maximum Gasteiger partial charge on any atom is 0.0897 e. The summed E-state index contributed by atoms with van der Waals surface area (Å²) in [5.41, 5.74) is 0.